The van der Waals surface area contributed by atoms with Crippen molar-refractivity contribution in [1.82, 2.24) is 0 Å². The van der Waals surface area contributed by atoms with Gasteiger partial charge in [-0.25, -0.2) is 10.5 Å². The molecule has 0 aromatic rings. The maximum Gasteiger partial charge on any atom is 2.00 e. The minimum absolute atomic E-state index is 0. The maximum atomic E-state index is 8.52. The van der Waals surface area contributed by atoms with Gasteiger partial charge in [0, 0.05) is 20.8 Å². The van der Waals surface area contributed by atoms with Crippen LogP contribution in [0.3, 0.4) is 0 Å². The molecule has 110 valence electrons. The summed E-state index contributed by atoms with van der Waals surface area (Å²) in [7, 11) is -10.3. The SMILES string of the molecule is O=S(=O)([O-])[O-].O=S(=O)([O-])[O-].[Fe+2].[NH3+]OO.[NH3+]OO. The normalized spacial score (nSPS) is 8.94. The van der Waals surface area contributed by atoms with Gasteiger partial charge in [0.1, 0.15) is 0 Å². The Labute approximate surface area is 106 Å². The average Bonchev–Trinajstić information content (AvgIpc) is 1.79. The van der Waals surface area contributed by atoms with E-state index in [1.54, 1.807) is 0 Å². The molecule has 14 nitrogen and oxygen atoms in total. The third kappa shape index (κ3) is 8300000. The summed E-state index contributed by atoms with van der Waals surface area (Å²) < 4.78 is 68.2. The molecule has 0 saturated carbocycles. The Morgan fingerprint density at radius 3 is 0.765 bits per heavy atom. The summed E-state index contributed by atoms with van der Waals surface area (Å²) >= 11 is 0. The van der Waals surface area contributed by atoms with Crippen LogP contribution in [0.1, 0.15) is 0 Å². The minimum atomic E-state index is -5.17. The minimum Gasteiger partial charge on any atom is -0.759 e. The molecule has 0 unspecified atom stereocenters. The van der Waals surface area contributed by atoms with E-state index < -0.39 is 20.8 Å². The first-order valence-electron chi connectivity index (χ1n) is 2.28. The molecule has 0 amide bonds. The van der Waals surface area contributed by atoms with E-state index in [9.17, 15) is 0 Å². The van der Waals surface area contributed by atoms with Crippen molar-refractivity contribution >= 4 is 20.8 Å². The summed E-state index contributed by atoms with van der Waals surface area (Å²) in [6, 6.07) is 0. The van der Waals surface area contributed by atoms with Gasteiger partial charge in [-0.2, -0.15) is 11.8 Å². The summed E-state index contributed by atoms with van der Waals surface area (Å²) in [6.45, 7) is 0. The van der Waals surface area contributed by atoms with Gasteiger partial charge >= 0.3 is 17.1 Å². The number of hydrogen-bond donors (Lipinski definition) is 4. The molecule has 0 saturated heterocycles. The van der Waals surface area contributed by atoms with Crippen LogP contribution in [0, 0.1) is 0 Å². The predicted octanol–water partition coefficient (Wildman–Crippen LogP) is -5.41. The Morgan fingerprint density at radius 1 is 0.765 bits per heavy atom. The molecule has 17 heteroatoms. The van der Waals surface area contributed by atoms with E-state index in [0.717, 1.165) is 0 Å². The van der Waals surface area contributed by atoms with Crippen molar-refractivity contribution in [3.63, 3.8) is 0 Å². The van der Waals surface area contributed by atoms with Gasteiger partial charge in [0.15, 0.2) is 0 Å². The molecule has 0 aromatic heterocycles. The van der Waals surface area contributed by atoms with Gasteiger partial charge in [-0.3, -0.25) is 16.8 Å². The van der Waals surface area contributed by atoms with Gasteiger partial charge in [0.25, 0.3) is 0 Å². The molecular formula is H8FeN2O12S2. The first-order chi connectivity index (χ1) is 6.83. The van der Waals surface area contributed by atoms with E-state index in [1.165, 1.54) is 0 Å². The Hall–Kier alpha value is 0.0195. The topological polar surface area (TPSA) is 275 Å². The second-order valence-electron chi connectivity index (χ2n) is 1.07. The fraction of sp³-hybridized carbons (Fsp3) is 0. The molecule has 0 fully saturated rings. The van der Waals surface area contributed by atoms with Crippen molar-refractivity contribution in [2.75, 3.05) is 0 Å². The summed E-state index contributed by atoms with van der Waals surface area (Å²) in [5, 5.41) is 13.9. The Kier molecular flexibility index (Phi) is 32.7. The largest absolute Gasteiger partial charge is 2.00 e. The predicted molar refractivity (Wildman–Crippen MR) is 34.2 cm³/mol. The van der Waals surface area contributed by atoms with Crippen LogP contribution in [-0.2, 0) is 47.8 Å². The molecule has 0 atom stereocenters. The van der Waals surface area contributed by atoms with Crippen molar-refractivity contribution in [3.8, 4) is 0 Å². The second kappa shape index (κ2) is 18.4. The molecule has 0 aromatic carbocycles. The zero-order valence-corrected chi connectivity index (χ0v) is 10.3. The van der Waals surface area contributed by atoms with Crippen LogP contribution in [0.25, 0.3) is 0 Å². The summed E-state index contributed by atoms with van der Waals surface area (Å²) in [4.78, 5) is 6.00. The molecular weight excluding hydrogens is 340 g/mol. The molecule has 0 aliphatic rings. The smallest absolute Gasteiger partial charge is 0.759 e. The standard InChI is InChI=1S/Fe.2H3NO2.2H2O4S/c;2*1-3-2;2*1-5(2,3)4/h;2*1H3;2*(H2,1,2,3,4)/q+2;;;;/p-2. The molecule has 0 radical (unpaired) electrons. The molecule has 0 aliphatic heterocycles. The first-order valence-corrected chi connectivity index (χ1v) is 4.94. The average molecular weight is 348 g/mol. The molecule has 0 bridgehead atoms. The fourth-order valence-corrected chi connectivity index (χ4v) is 0. The van der Waals surface area contributed by atoms with Crippen LogP contribution in [0.4, 0.5) is 0 Å². The Bertz CT molecular complexity index is 242. The van der Waals surface area contributed by atoms with Crippen LogP contribution in [0.5, 0.6) is 0 Å². The summed E-state index contributed by atoms with van der Waals surface area (Å²) in [5.74, 6) is 5.08. The molecule has 0 heterocycles. The van der Waals surface area contributed by atoms with Gasteiger partial charge in [-0.15, -0.1) is 0 Å². The van der Waals surface area contributed by atoms with Crippen molar-refractivity contribution in [1.29, 1.82) is 0 Å². The van der Waals surface area contributed by atoms with E-state index in [0.29, 0.717) is 0 Å². The maximum absolute atomic E-state index is 8.52. The third-order valence-corrected chi connectivity index (χ3v) is 0. The van der Waals surface area contributed by atoms with Crippen molar-refractivity contribution in [3.05, 3.63) is 0 Å². The third-order valence-electron chi connectivity index (χ3n) is 0. The van der Waals surface area contributed by atoms with Crippen LogP contribution in [0.2, 0.25) is 0 Å². The van der Waals surface area contributed by atoms with Crippen molar-refractivity contribution < 1.29 is 84.4 Å². The quantitative estimate of drug-likeness (QED) is 0.105. The van der Waals surface area contributed by atoms with Crippen LogP contribution in [-0.4, -0.2) is 45.6 Å². The first kappa shape index (κ1) is 30.2. The Balaban J connectivity index is -0.0000000381. The van der Waals surface area contributed by atoms with Crippen LogP contribution in [0.15, 0.2) is 0 Å². The number of rotatable bonds is 0. The van der Waals surface area contributed by atoms with Crippen molar-refractivity contribution in [2.45, 2.75) is 0 Å². The molecule has 0 aliphatic carbocycles. The molecule has 0 rings (SSSR count). The second-order valence-corrected chi connectivity index (χ2v) is 2.71. The van der Waals surface area contributed by atoms with Gasteiger partial charge in [-0.05, 0) is 9.98 Å². The summed E-state index contributed by atoms with van der Waals surface area (Å²) in [5.41, 5.74) is 0. The van der Waals surface area contributed by atoms with Gasteiger partial charge in [-0.1, -0.05) is 0 Å². The van der Waals surface area contributed by atoms with E-state index in [1.807, 2.05) is 0 Å². The van der Waals surface area contributed by atoms with E-state index >= 15 is 0 Å². The monoisotopic (exact) mass is 348 g/mol. The summed E-state index contributed by atoms with van der Waals surface area (Å²) in [6.07, 6.45) is 0. The van der Waals surface area contributed by atoms with Crippen LogP contribution >= 0.6 is 0 Å². The molecule has 17 heavy (non-hydrogen) atoms. The van der Waals surface area contributed by atoms with Gasteiger partial charge in [0.05, 0.1) is 0 Å². The zero-order chi connectivity index (χ0) is 14.4. The Morgan fingerprint density at radius 2 is 0.765 bits per heavy atom. The van der Waals surface area contributed by atoms with E-state index in [-0.39, 0.29) is 17.1 Å². The molecule has 0 spiro atoms. The number of quaternary nitrogens is 2. The van der Waals surface area contributed by atoms with Gasteiger partial charge < -0.3 is 18.2 Å². The fourth-order valence-electron chi connectivity index (χ4n) is 0. The van der Waals surface area contributed by atoms with Crippen molar-refractivity contribution in [2.24, 2.45) is 0 Å². The van der Waals surface area contributed by atoms with E-state index in [4.69, 9.17) is 45.6 Å². The number of hydrogen-bond acceptors (Lipinski definition) is 12. The van der Waals surface area contributed by atoms with E-state index in [2.05, 4.69) is 21.8 Å². The zero-order valence-electron chi connectivity index (χ0n) is 7.56. The molecule has 8 N–H and O–H groups in total. The van der Waals surface area contributed by atoms with Gasteiger partial charge in [0.2, 0.25) is 0 Å². The van der Waals surface area contributed by atoms with Crippen LogP contribution < -0.4 is 11.8 Å².